The van der Waals surface area contributed by atoms with Gasteiger partial charge in [0.25, 0.3) is 0 Å². The van der Waals surface area contributed by atoms with Crippen molar-refractivity contribution in [3.05, 3.63) is 35.6 Å². The molecular formula is C9H9FNO4S-. The molecule has 1 atom stereocenters. The summed E-state index contributed by atoms with van der Waals surface area (Å²) in [5.74, 6) is -1.76. The fraction of sp³-hybridized carbons (Fsp3) is 0.222. The van der Waals surface area contributed by atoms with Crippen LogP contribution in [0, 0.1) is 5.82 Å². The molecule has 0 radical (unpaired) electrons. The van der Waals surface area contributed by atoms with Crippen LogP contribution in [0.25, 0.3) is 0 Å². The van der Waals surface area contributed by atoms with E-state index in [1.54, 1.807) is 0 Å². The summed E-state index contributed by atoms with van der Waals surface area (Å²) in [4.78, 5) is 10.4. The molecule has 0 amide bonds. The average molecular weight is 246 g/mol. The number of rotatable bonds is 5. The van der Waals surface area contributed by atoms with Gasteiger partial charge in [-0.15, -0.1) is 0 Å². The van der Waals surface area contributed by atoms with Crippen molar-refractivity contribution in [3.63, 3.8) is 0 Å². The van der Waals surface area contributed by atoms with Crippen molar-refractivity contribution in [1.82, 2.24) is 4.31 Å². The second-order valence-corrected chi connectivity index (χ2v) is 3.99. The average Bonchev–Trinajstić information content (AvgIpc) is 2.15. The minimum atomic E-state index is -2.65. The molecule has 0 fully saturated rings. The first-order valence-electron chi connectivity index (χ1n) is 4.29. The maximum atomic E-state index is 12.8. The van der Waals surface area contributed by atoms with Gasteiger partial charge in [0.05, 0.1) is 0 Å². The third kappa shape index (κ3) is 4.05. The van der Waals surface area contributed by atoms with Crippen molar-refractivity contribution in [3.8, 4) is 0 Å². The smallest absolute Gasteiger partial charge is 0.318 e. The van der Waals surface area contributed by atoms with Crippen molar-refractivity contribution >= 4 is 17.2 Å². The van der Waals surface area contributed by atoms with E-state index >= 15 is 0 Å². The predicted octanol–water partition coefficient (Wildman–Crippen LogP) is 0.506. The fourth-order valence-electron chi connectivity index (χ4n) is 1.15. The normalized spacial score (nSPS) is 12.7. The molecule has 88 valence electrons. The summed E-state index contributed by atoms with van der Waals surface area (Å²) in [5.41, 5.74) is 0.394. The molecule has 0 saturated carbocycles. The first-order chi connectivity index (χ1) is 7.49. The zero-order valence-electron chi connectivity index (χ0n) is 8.13. The molecule has 0 aliphatic carbocycles. The number of benzene rings is 1. The molecule has 1 aromatic rings. The lowest BCUT2D eigenvalue weighted by molar-refractivity contribution is -0.137. The zero-order chi connectivity index (χ0) is 12.1. The SMILES string of the molecule is O=C(O)CN(Cc1cccc(F)c1)S(=O)[O-]. The van der Waals surface area contributed by atoms with Gasteiger partial charge in [-0.3, -0.25) is 9.00 Å². The zero-order valence-corrected chi connectivity index (χ0v) is 8.95. The molecule has 0 spiro atoms. The second kappa shape index (κ2) is 5.69. The maximum Gasteiger partial charge on any atom is 0.318 e. The Morgan fingerprint density at radius 1 is 1.56 bits per heavy atom. The van der Waals surface area contributed by atoms with Crippen LogP contribution in [0.4, 0.5) is 4.39 Å². The standard InChI is InChI=1S/C9H10FNO4S/c10-8-3-1-2-7(4-8)5-11(16(14)15)6-9(12)13/h1-4H,5-6H2,(H,12,13)(H,14,15)/p-1. The van der Waals surface area contributed by atoms with Gasteiger partial charge in [0, 0.05) is 17.8 Å². The van der Waals surface area contributed by atoms with Crippen LogP contribution in [0.2, 0.25) is 0 Å². The summed E-state index contributed by atoms with van der Waals surface area (Å²) in [6, 6.07) is 5.32. The Bertz CT molecular complexity index is 412. The number of halogens is 1. The summed E-state index contributed by atoms with van der Waals surface area (Å²) in [7, 11) is 0. The van der Waals surface area contributed by atoms with Gasteiger partial charge in [0.1, 0.15) is 12.4 Å². The number of nitrogens with zero attached hydrogens (tertiary/aromatic N) is 1. The van der Waals surface area contributed by atoms with Gasteiger partial charge in [-0.25, -0.2) is 8.70 Å². The predicted molar refractivity (Wildman–Crippen MR) is 53.4 cm³/mol. The van der Waals surface area contributed by atoms with Gasteiger partial charge < -0.3 is 9.66 Å². The number of hydrogen-bond donors (Lipinski definition) is 1. The summed E-state index contributed by atoms with van der Waals surface area (Å²) in [6.45, 7) is -0.813. The topological polar surface area (TPSA) is 80.7 Å². The van der Waals surface area contributed by atoms with Gasteiger partial charge in [0.15, 0.2) is 0 Å². The molecule has 7 heteroatoms. The van der Waals surface area contributed by atoms with Crippen LogP contribution in [0.3, 0.4) is 0 Å². The third-order valence-corrected chi connectivity index (χ3v) is 2.45. The van der Waals surface area contributed by atoms with Crippen LogP contribution < -0.4 is 0 Å². The van der Waals surface area contributed by atoms with E-state index in [4.69, 9.17) is 5.11 Å². The van der Waals surface area contributed by atoms with Crippen LogP contribution in [-0.4, -0.2) is 30.7 Å². The number of carbonyl (C=O) groups is 1. The highest BCUT2D eigenvalue weighted by Gasteiger charge is 2.11. The van der Waals surface area contributed by atoms with E-state index in [-0.39, 0.29) is 6.54 Å². The van der Waals surface area contributed by atoms with Crippen LogP contribution in [0.15, 0.2) is 24.3 Å². The van der Waals surface area contributed by atoms with E-state index in [2.05, 4.69) is 0 Å². The van der Waals surface area contributed by atoms with E-state index in [1.807, 2.05) is 0 Å². The lowest BCUT2D eigenvalue weighted by Gasteiger charge is -2.22. The summed E-state index contributed by atoms with van der Waals surface area (Å²) < 4.78 is 34.9. The van der Waals surface area contributed by atoms with Crippen molar-refractivity contribution in [2.24, 2.45) is 0 Å². The largest absolute Gasteiger partial charge is 0.760 e. The molecule has 1 aromatic carbocycles. The molecule has 1 unspecified atom stereocenters. The fourth-order valence-corrected chi connectivity index (χ4v) is 1.62. The maximum absolute atomic E-state index is 12.8. The van der Waals surface area contributed by atoms with E-state index in [1.165, 1.54) is 18.2 Å². The Balaban J connectivity index is 2.75. The minimum Gasteiger partial charge on any atom is -0.760 e. The van der Waals surface area contributed by atoms with E-state index in [9.17, 15) is 17.9 Å². The summed E-state index contributed by atoms with van der Waals surface area (Å²) >= 11 is -2.65. The molecule has 1 N–H and O–H groups in total. The Labute approximate surface area is 93.9 Å². The molecule has 0 bridgehead atoms. The first-order valence-corrected chi connectivity index (χ1v) is 5.33. The number of hydrogen-bond acceptors (Lipinski definition) is 3. The molecule has 0 aliphatic heterocycles. The highest BCUT2D eigenvalue weighted by molar-refractivity contribution is 7.76. The first kappa shape index (κ1) is 12.8. The Morgan fingerprint density at radius 2 is 2.25 bits per heavy atom. The summed E-state index contributed by atoms with van der Waals surface area (Å²) in [5, 5.41) is 8.48. The van der Waals surface area contributed by atoms with Gasteiger partial charge >= 0.3 is 5.97 Å². The van der Waals surface area contributed by atoms with Crippen LogP contribution in [-0.2, 0) is 22.6 Å². The lowest BCUT2D eigenvalue weighted by Crippen LogP contribution is -2.30. The van der Waals surface area contributed by atoms with Crippen LogP contribution >= 0.6 is 0 Å². The van der Waals surface area contributed by atoms with Gasteiger partial charge in [-0.05, 0) is 17.7 Å². The Kier molecular flexibility index (Phi) is 4.53. The minimum absolute atomic E-state index is 0.166. The molecule has 0 saturated heterocycles. The highest BCUT2D eigenvalue weighted by atomic mass is 32.2. The molecule has 0 heterocycles. The second-order valence-electron chi connectivity index (χ2n) is 3.04. The summed E-state index contributed by atoms with van der Waals surface area (Å²) in [6.07, 6.45) is 0. The van der Waals surface area contributed by atoms with Crippen molar-refractivity contribution in [2.45, 2.75) is 6.54 Å². The Hall–Kier alpha value is -1.31. The highest BCUT2D eigenvalue weighted by Crippen LogP contribution is 2.08. The van der Waals surface area contributed by atoms with Crippen LogP contribution in [0.1, 0.15) is 5.56 Å². The third-order valence-electron chi connectivity index (χ3n) is 1.77. The Morgan fingerprint density at radius 3 is 2.75 bits per heavy atom. The van der Waals surface area contributed by atoms with Gasteiger partial charge in [-0.2, -0.15) is 0 Å². The van der Waals surface area contributed by atoms with E-state index in [0.29, 0.717) is 9.87 Å². The van der Waals surface area contributed by atoms with Crippen molar-refractivity contribution in [2.75, 3.05) is 6.54 Å². The quantitative estimate of drug-likeness (QED) is 0.767. The molecule has 0 aliphatic rings. The number of carboxylic acid groups (broad SMARTS) is 1. The molecular weight excluding hydrogens is 237 g/mol. The molecule has 1 rings (SSSR count). The molecule has 0 aromatic heterocycles. The molecule has 16 heavy (non-hydrogen) atoms. The molecule has 5 nitrogen and oxygen atoms in total. The lowest BCUT2D eigenvalue weighted by atomic mass is 10.2. The van der Waals surface area contributed by atoms with Gasteiger partial charge in [-0.1, -0.05) is 12.1 Å². The van der Waals surface area contributed by atoms with Gasteiger partial charge in [0.2, 0.25) is 0 Å². The monoisotopic (exact) mass is 246 g/mol. The number of aliphatic carboxylic acids is 1. The van der Waals surface area contributed by atoms with Crippen molar-refractivity contribution < 1.29 is 23.1 Å². The van der Waals surface area contributed by atoms with Crippen LogP contribution in [0.5, 0.6) is 0 Å². The van der Waals surface area contributed by atoms with E-state index < -0.39 is 29.6 Å². The number of carboxylic acids is 1. The van der Waals surface area contributed by atoms with E-state index in [0.717, 1.165) is 6.07 Å². The van der Waals surface area contributed by atoms with Crippen molar-refractivity contribution in [1.29, 1.82) is 0 Å².